The lowest BCUT2D eigenvalue weighted by atomic mass is 10.0. The molecule has 0 aliphatic heterocycles. The Balaban J connectivity index is 4.23. The molecule has 1 atom stereocenters. The molecule has 0 aromatic rings. The molecule has 0 aromatic heterocycles. The van der Waals surface area contributed by atoms with E-state index in [0.29, 0.717) is 19.3 Å². The normalized spacial score (nSPS) is 12.6. The van der Waals surface area contributed by atoms with E-state index < -0.39 is 6.10 Å². The van der Waals surface area contributed by atoms with Gasteiger partial charge in [-0.25, -0.2) is 0 Å². The highest BCUT2D eigenvalue weighted by Crippen LogP contribution is 2.17. The predicted octanol–water partition coefficient (Wildman–Crippen LogP) is 23.8. The van der Waals surface area contributed by atoms with Crippen LogP contribution in [0.15, 0.2) is 85.1 Å². The first-order valence-corrected chi connectivity index (χ1v) is 34.6. The van der Waals surface area contributed by atoms with Gasteiger partial charge in [0.2, 0.25) is 0 Å². The van der Waals surface area contributed by atoms with Gasteiger partial charge in [0.15, 0.2) is 6.10 Å². The molecule has 0 spiro atoms. The highest BCUT2D eigenvalue weighted by Gasteiger charge is 2.19. The Bertz CT molecular complexity index is 1520. The lowest BCUT2D eigenvalue weighted by Gasteiger charge is -2.18. The Hall–Kier alpha value is -3.41. The molecule has 0 saturated carbocycles. The molecule has 6 heteroatoms. The molecular formula is C74H130O6. The Morgan fingerprint density at radius 2 is 0.487 bits per heavy atom. The van der Waals surface area contributed by atoms with Crippen LogP contribution in [0.4, 0.5) is 0 Å². The van der Waals surface area contributed by atoms with E-state index in [1.54, 1.807) is 0 Å². The number of hydrogen-bond donors (Lipinski definition) is 0. The summed E-state index contributed by atoms with van der Waals surface area (Å²) < 4.78 is 17.0. The third-order valence-electron chi connectivity index (χ3n) is 15.1. The van der Waals surface area contributed by atoms with Crippen LogP contribution in [-0.2, 0) is 28.6 Å². The lowest BCUT2D eigenvalue weighted by molar-refractivity contribution is -0.167. The summed E-state index contributed by atoms with van der Waals surface area (Å²) in [5, 5.41) is 0. The van der Waals surface area contributed by atoms with Crippen LogP contribution >= 0.6 is 0 Å². The second-order valence-electron chi connectivity index (χ2n) is 23.1. The zero-order chi connectivity index (χ0) is 57.8. The fourth-order valence-corrected chi connectivity index (χ4v) is 9.97. The van der Waals surface area contributed by atoms with Crippen LogP contribution < -0.4 is 0 Å². The molecule has 0 heterocycles. The molecule has 0 aliphatic carbocycles. The van der Waals surface area contributed by atoms with Crippen molar-refractivity contribution >= 4 is 17.9 Å². The van der Waals surface area contributed by atoms with Crippen molar-refractivity contribution in [3.8, 4) is 0 Å². The van der Waals surface area contributed by atoms with Gasteiger partial charge in [0.05, 0.1) is 0 Å². The number of hydrogen-bond acceptors (Lipinski definition) is 6. The first kappa shape index (κ1) is 76.6. The summed E-state index contributed by atoms with van der Waals surface area (Å²) in [5.41, 5.74) is 0. The van der Waals surface area contributed by atoms with E-state index in [1.807, 2.05) is 0 Å². The summed E-state index contributed by atoms with van der Waals surface area (Å²) >= 11 is 0. The highest BCUT2D eigenvalue weighted by molar-refractivity contribution is 5.71. The summed E-state index contributed by atoms with van der Waals surface area (Å²) in [5.74, 6) is -0.867. The number of carbonyl (C=O) groups is 3. The van der Waals surface area contributed by atoms with Gasteiger partial charge in [-0.15, -0.1) is 0 Å². The number of allylic oxidation sites excluding steroid dienone is 14. The third-order valence-corrected chi connectivity index (χ3v) is 15.1. The Morgan fingerprint density at radius 3 is 0.787 bits per heavy atom. The van der Waals surface area contributed by atoms with Crippen molar-refractivity contribution in [2.75, 3.05) is 13.2 Å². The van der Waals surface area contributed by atoms with E-state index in [0.717, 1.165) is 103 Å². The quantitative estimate of drug-likeness (QED) is 0.0261. The van der Waals surface area contributed by atoms with Gasteiger partial charge in [-0.2, -0.15) is 0 Å². The van der Waals surface area contributed by atoms with Gasteiger partial charge in [0.25, 0.3) is 0 Å². The molecule has 0 rings (SSSR count). The maximum absolute atomic E-state index is 12.9. The van der Waals surface area contributed by atoms with Gasteiger partial charge < -0.3 is 14.2 Å². The van der Waals surface area contributed by atoms with E-state index in [2.05, 4.69) is 106 Å². The summed E-state index contributed by atoms with van der Waals surface area (Å²) in [6.45, 7) is 6.55. The fourth-order valence-electron chi connectivity index (χ4n) is 9.97. The SMILES string of the molecule is CC/C=C\C/C=C\C/C=C\C/C=C\C/C=C\C/C=C\CCCCCCCCCCCCCCC(=O)OCC(COC(=O)CCCCCCC/C=C\CCCCCC)OC(=O)CCCCCCCCCCCCCCCCCCCC. The van der Waals surface area contributed by atoms with Gasteiger partial charge in [-0.1, -0.05) is 318 Å². The fraction of sp³-hybridized carbons (Fsp3) is 0.770. The number of ether oxygens (including phenoxy) is 3. The molecule has 0 amide bonds. The van der Waals surface area contributed by atoms with Crippen LogP contribution in [0.3, 0.4) is 0 Å². The first-order chi connectivity index (χ1) is 39.5. The summed E-state index contributed by atoms with van der Waals surface area (Å²) in [6, 6.07) is 0. The molecule has 0 radical (unpaired) electrons. The van der Waals surface area contributed by atoms with Crippen molar-refractivity contribution < 1.29 is 28.6 Å². The minimum absolute atomic E-state index is 0.0758. The lowest BCUT2D eigenvalue weighted by Crippen LogP contribution is -2.30. The van der Waals surface area contributed by atoms with Gasteiger partial charge in [-0.3, -0.25) is 14.4 Å². The zero-order valence-corrected chi connectivity index (χ0v) is 53.1. The molecule has 0 fully saturated rings. The van der Waals surface area contributed by atoms with Crippen LogP contribution in [0.25, 0.3) is 0 Å². The molecule has 0 bridgehead atoms. The van der Waals surface area contributed by atoms with Crippen LogP contribution in [0, 0.1) is 0 Å². The molecular weight excluding hydrogens is 985 g/mol. The Labute approximate surface area is 496 Å². The number of unbranched alkanes of at least 4 members (excludes halogenated alkanes) is 38. The average molecular weight is 1120 g/mol. The predicted molar refractivity (Wildman–Crippen MR) is 348 cm³/mol. The monoisotopic (exact) mass is 1110 g/mol. The molecule has 0 N–H and O–H groups in total. The van der Waals surface area contributed by atoms with Crippen LogP contribution in [-0.4, -0.2) is 37.2 Å². The van der Waals surface area contributed by atoms with E-state index in [1.165, 1.54) is 205 Å². The van der Waals surface area contributed by atoms with Gasteiger partial charge in [0.1, 0.15) is 13.2 Å². The third kappa shape index (κ3) is 65.4. The first-order valence-electron chi connectivity index (χ1n) is 34.6. The van der Waals surface area contributed by atoms with Crippen LogP contribution in [0.2, 0.25) is 0 Å². The van der Waals surface area contributed by atoms with E-state index >= 15 is 0 Å². The maximum atomic E-state index is 12.9. The smallest absolute Gasteiger partial charge is 0.306 e. The number of carbonyl (C=O) groups excluding carboxylic acids is 3. The van der Waals surface area contributed by atoms with E-state index in [-0.39, 0.29) is 31.1 Å². The second kappa shape index (κ2) is 68.1. The number of esters is 3. The van der Waals surface area contributed by atoms with Crippen LogP contribution in [0.1, 0.15) is 348 Å². The van der Waals surface area contributed by atoms with Crippen molar-refractivity contribution in [2.24, 2.45) is 0 Å². The topological polar surface area (TPSA) is 78.9 Å². The highest BCUT2D eigenvalue weighted by atomic mass is 16.6. The van der Waals surface area contributed by atoms with Crippen molar-refractivity contribution in [3.05, 3.63) is 85.1 Å². The summed E-state index contributed by atoms with van der Waals surface area (Å²) in [6.07, 6.45) is 90.3. The standard InChI is InChI=1S/C74H130O6/c1-4-7-10-13-16-19-22-25-27-29-31-32-33-34-35-36-37-38-39-40-41-42-43-45-46-49-52-55-58-61-64-67-73(76)79-70-71(69-78-72(75)66-63-60-57-54-51-48-24-21-18-15-12-9-6-3)80-74(77)68-65-62-59-56-53-50-47-44-30-28-26-23-20-17-14-11-8-5-2/h7,10,16,19,21,24-25,27,31-32,34-35,37-38,71H,4-6,8-9,11-15,17-18,20,22-23,26,28-30,33,36,39-70H2,1-3H3/b10-7-,19-16-,24-21-,27-25-,32-31-,35-34-,38-37-. The van der Waals surface area contributed by atoms with E-state index in [9.17, 15) is 14.4 Å². The molecule has 0 aromatic carbocycles. The van der Waals surface area contributed by atoms with Gasteiger partial charge in [-0.05, 0) is 96.3 Å². The molecule has 0 saturated heterocycles. The molecule has 6 nitrogen and oxygen atoms in total. The van der Waals surface area contributed by atoms with Crippen molar-refractivity contribution in [1.29, 1.82) is 0 Å². The molecule has 462 valence electrons. The minimum atomic E-state index is -0.779. The largest absolute Gasteiger partial charge is 0.462 e. The number of rotatable bonds is 63. The summed E-state index contributed by atoms with van der Waals surface area (Å²) in [4.78, 5) is 38.4. The molecule has 80 heavy (non-hydrogen) atoms. The van der Waals surface area contributed by atoms with Crippen LogP contribution in [0.5, 0.6) is 0 Å². The molecule has 1 unspecified atom stereocenters. The second-order valence-corrected chi connectivity index (χ2v) is 23.1. The Morgan fingerprint density at radius 1 is 0.263 bits per heavy atom. The van der Waals surface area contributed by atoms with Gasteiger partial charge in [0, 0.05) is 19.3 Å². The van der Waals surface area contributed by atoms with Crippen molar-refractivity contribution in [1.82, 2.24) is 0 Å². The Kier molecular flexibility index (Phi) is 65.2. The zero-order valence-electron chi connectivity index (χ0n) is 53.1. The van der Waals surface area contributed by atoms with Crippen molar-refractivity contribution in [2.45, 2.75) is 354 Å². The summed E-state index contributed by atoms with van der Waals surface area (Å²) in [7, 11) is 0. The minimum Gasteiger partial charge on any atom is -0.462 e. The van der Waals surface area contributed by atoms with E-state index in [4.69, 9.17) is 14.2 Å². The molecule has 0 aliphatic rings. The van der Waals surface area contributed by atoms with Crippen molar-refractivity contribution in [3.63, 3.8) is 0 Å². The maximum Gasteiger partial charge on any atom is 0.306 e. The van der Waals surface area contributed by atoms with Gasteiger partial charge >= 0.3 is 17.9 Å². The average Bonchev–Trinajstić information content (AvgIpc) is 3.46.